The smallest absolute Gasteiger partial charge is 0.224 e. The maximum atomic E-state index is 12.2. The van der Waals surface area contributed by atoms with Gasteiger partial charge in [-0.25, -0.2) is 4.99 Å². The number of nitrogens with one attached hydrogen (secondary N) is 2. The van der Waals surface area contributed by atoms with E-state index < -0.39 is 0 Å². The van der Waals surface area contributed by atoms with Gasteiger partial charge in [0.1, 0.15) is 0 Å². The molecule has 1 fully saturated rings. The molecule has 1 saturated heterocycles. The van der Waals surface area contributed by atoms with E-state index in [0.29, 0.717) is 25.6 Å². The topological polar surface area (TPSA) is 69.2 Å². The zero-order valence-corrected chi connectivity index (χ0v) is 21.9. The van der Waals surface area contributed by atoms with E-state index in [-0.39, 0.29) is 29.9 Å². The minimum atomic E-state index is 0. The van der Waals surface area contributed by atoms with Gasteiger partial charge in [-0.2, -0.15) is 0 Å². The Morgan fingerprint density at radius 3 is 2.65 bits per heavy atom. The summed E-state index contributed by atoms with van der Waals surface area (Å²) in [6, 6.07) is 8.63. The van der Waals surface area contributed by atoms with Crippen LogP contribution in [0, 0.1) is 0 Å². The molecule has 31 heavy (non-hydrogen) atoms. The Morgan fingerprint density at radius 1 is 1.23 bits per heavy atom. The number of rotatable bonds is 10. The number of benzene rings is 1. The number of carbonyl (C=O) groups excluding carboxylic acids is 1. The summed E-state index contributed by atoms with van der Waals surface area (Å²) in [6.07, 6.45) is 0.772. The third kappa shape index (κ3) is 10.2. The van der Waals surface area contributed by atoms with Gasteiger partial charge in [0.05, 0.1) is 19.3 Å². The van der Waals surface area contributed by atoms with Gasteiger partial charge >= 0.3 is 0 Å². The number of morpholine rings is 1. The van der Waals surface area contributed by atoms with Crippen molar-refractivity contribution < 1.29 is 9.53 Å². The van der Waals surface area contributed by atoms with Gasteiger partial charge < -0.3 is 20.3 Å². The minimum Gasteiger partial charge on any atom is -0.376 e. The van der Waals surface area contributed by atoms with Crippen molar-refractivity contribution in [3.8, 4) is 0 Å². The van der Waals surface area contributed by atoms with Crippen LogP contribution in [0.1, 0.15) is 45.2 Å². The Bertz CT molecular complexity index is 682. The zero-order chi connectivity index (χ0) is 21.8. The lowest BCUT2D eigenvalue weighted by atomic mass is 10.1. The van der Waals surface area contributed by atoms with Crippen molar-refractivity contribution in [2.45, 2.75) is 53.3 Å². The number of nitrogens with zero attached hydrogens (tertiary/aromatic N) is 3. The number of ether oxygens (including phenoxy) is 1. The average Bonchev–Trinajstić information content (AvgIpc) is 2.73. The van der Waals surface area contributed by atoms with Gasteiger partial charge in [-0.1, -0.05) is 24.3 Å². The predicted octanol–water partition coefficient (Wildman–Crippen LogP) is 2.84. The summed E-state index contributed by atoms with van der Waals surface area (Å²) in [4.78, 5) is 21.2. The summed E-state index contributed by atoms with van der Waals surface area (Å²) < 4.78 is 5.63. The molecule has 1 heterocycles. The van der Waals surface area contributed by atoms with Gasteiger partial charge in [-0.15, -0.1) is 24.0 Å². The summed E-state index contributed by atoms with van der Waals surface area (Å²) >= 11 is 0. The highest BCUT2D eigenvalue weighted by Gasteiger charge is 2.16. The average molecular weight is 546 g/mol. The molecule has 1 aliphatic rings. The largest absolute Gasteiger partial charge is 0.376 e. The molecule has 8 heteroatoms. The van der Waals surface area contributed by atoms with Crippen LogP contribution in [0.15, 0.2) is 29.3 Å². The van der Waals surface area contributed by atoms with Crippen LogP contribution in [0.4, 0.5) is 0 Å². The molecule has 0 aromatic heterocycles. The highest BCUT2D eigenvalue weighted by Crippen LogP contribution is 2.12. The Balaban J connectivity index is 0.00000480. The number of amides is 1. The second-order valence-corrected chi connectivity index (χ2v) is 7.67. The summed E-state index contributed by atoms with van der Waals surface area (Å²) in [6.45, 7) is 15.4. The maximum Gasteiger partial charge on any atom is 0.224 e. The summed E-state index contributed by atoms with van der Waals surface area (Å²) in [5.74, 6) is 0.922. The second kappa shape index (κ2) is 15.4. The second-order valence-electron chi connectivity index (χ2n) is 7.67. The minimum absolute atomic E-state index is 0. The molecule has 1 aromatic rings. The molecule has 0 saturated carbocycles. The van der Waals surface area contributed by atoms with Crippen LogP contribution >= 0.6 is 24.0 Å². The lowest BCUT2D eigenvalue weighted by molar-refractivity contribution is -0.130. The Morgan fingerprint density at radius 2 is 1.97 bits per heavy atom. The molecular formula is C23H40IN5O2. The molecule has 0 aliphatic carbocycles. The van der Waals surface area contributed by atoms with Crippen LogP contribution in [0.3, 0.4) is 0 Å². The number of carbonyl (C=O) groups is 1. The van der Waals surface area contributed by atoms with Crippen molar-refractivity contribution >= 4 is 35.8 Å². The van der Waals surface area contributed by atoms with E-state index in [1.807, 2.05) is 25.7 Å². The Labute approximate surface area is 205 Å². The first kappa shape index (κ1) is 27.6. The van der Waals surface area contributed by atoms with Crippen molar-refractivity contribution in [3.05, 3.63) is 35.4 Å². The molecule has 1 unspecified atom stereocenters. The van der Waals surface area contributed by atoms with Gasteiger partial charge in [-0.3, -0.25) is 9.69 Å². The molecule has 1 aromatic carbocycles. The van der Waals surface area contributed by atoms with Gasteiger partial charge in [0, 0.05) is 52.2 Å². The summed E-state index contributed by atoms with van der Waals surface area (Å²) in [5.41, 5.74) is 2.49. The van der Waals surface area contributed by atoms with Crippen LogP contribution in [0.25, 0.3) is 0 Å². The molecule has 0 radical (unpaired) electrons. The third-order valence-electron chi connectivity index (χ3n) is 5.23. The summed E-state index contributed by atoms with van der Waals surface area (Å²) in [7, 11) is 0. The number of aliphatic imine (C=N–C) groups is 1. The van der Waals surface area contributed by atoms with Gasteiger partial charge in [0.15, 0.2) is 5.96 Å². The highest BCUT2D eigenvalue weighted by molar-refractivity contribution is 14.0. The molecular weight excluding hydrogens is 505 g/mol. The van der Waals surface area contributed by atoms with Crippen molar-refractivity contribution in [2.75, 3.05) is 45.9 Å². The first-order chi connectivity index (χ1) is 14.5. The normalized spacial score (nSPS) is 17.0. The van der Waals surface area contributed by atoms with Crippen molar-refractivity contribution in [3.63, 3.8) is 0 Å². The fourth-order valence-corrected chi connectivity index (χ4v) is 3.65. The lowest BCUT2D eigenvalue weighted by Crippen LogP contribution is -2.40. The molecule has 0 bridgehead atoms. The first-order valence-electron chi connectivity index (χ1n) is 11.3. The zero-order valence-electron chi connectivity index (χ0n) is 19.5. The number of halogens is 1. The lowest BCUT2D eigenvalue weighted by Gasteiger charge is -2.31. The van der Waals surface area contributed by atoms with E-state index in [4.69, 9.17) is 9.73 Å². The van der Waals surface area contributed by atoms with E-state index >= 15 is 0 Å². The molecule has 2 rings (SSSR count). The van der Waals surface area contributed by atoms with Crippen LogP contribution in [-0.4, -0.2) is 73.6 Å². The van der Waals surface area contributed by atoms with E-state index in [9.17, 15) is 4.79 Å². The Kier molecular flexibility index (Phi) is 13.7. The monoisotopic (exact) mass is 545 g/mol. The predicted molar refractivity (Wildman–Crippen MR) is 138 cm³/mol. The van der Waals surface area contributed by atoms with Crippen LogP contribution in [-0.2, 0) is 22.6 Å². The van der Waals surface area contributed by atoms with E-state index in [1.54, 1.807) is 0 Å². The van der Waals surface area contributed by atoms with Gasteiger partial charge in [0.2, 0.25) is 5.91 Å². The molecule has 1 aliphatic heterocycles. The SMILES string of the molecule is CCNC(=NCc1cccc(CN2CCOC(C)C2)c1)NCCC(=O)N(CC)CC.I. The molecule has 2 N–H and O–H groups in total. The maximum absolute atomic E-state index is 12.2. The highest BCUT2D eigenvalue weighted by atomic mass is 127. The molecule has 0 spiro atoms. The van der Waals surface area contributed by atoms with E-state index in [2.05, 4.69) is 46.7 Å². The number of hydrogen-bond donors (Lipinski definition) is 2. The molecule has 7 nitrogen and oxygen atoms in total. The number of hydrogen-bond acceptors (Lipinski definition) is 4. The fourth-order valence-electron chi connectivity index (χ4n) is 3.65. The van der Waals surface area contributed by atoms with Gasteiger partial charge in [0.25, 0.3) is 0 Å². The Hall–Kier alpha value is -1.39. The summed E-state index contributed by atoms with van der Waals surface area (Å²) in [5, 5.41) is 6.54. The molecule has 1 amide bonds. The van der Waals surface area contributed by atoms with Crippen molar-refractivity contribution in [1.29, 1.82) is 0 Å². The van der Waals surface area contributed by atoms with Gasteiger partial charge in [-0.05, 0) is 38.8 Å². The fraction of sp³-hybridized carbons (Fsp3) is 0.652. The van der Waals surface area contributed by atoms with Crippen molar-refractivity contribution in [2.24, 2.45) is 4.99 Å². The van der Waals surface area contributed by atoms with E-state index in [1.165, 1.54) is 11.1 Å². The van der Waals surface area contributed by atoms with E-state index in [0.717, 1.165) is 51.8 Å². The molecule has 1 atom stereocenters. The standard InChI is InChI=1S/C23H39N5O2.HI/c1-5-24-23(25-12-11-22(29)28(6-2)7-3)26-16-20-9-8-10-21(15-20)18-27-13-14-30-19(4)17-27;/h8-10,15,19H,5-7,11-14,16-18H2,1-4H3,(H2,24,25,26);1H. The van der Waals surface area contributed by atoms with Crippen LogP contribution in [0.2, 0.25) is 0 Å². The van der Waals surface area contributed by atoms with Crippen LogP contribution in [0.5, 0.6) is 0 Å². The first-order valence-corrected chi connectivity index (χ1v) is 11.3. The third-order valence-corrected chi connectivity index (χ3v) is 5.23. The molecule has 176 valence electrons. The van der Waals surface area contributed by atoms with Crippen LogP contribution < -0.4 is 10.6 Å². The van der Waals surface area contributed by atoms with Crippen molar-refractivity contribution in [1.82, 2.24) is 20.4 Å². The quantitative estimate of drug-likeness (QED) is 0.269. The number of guanidine groups is 1.